The quantitative estimate of drug-likeness (QED) is 0.630. The fraction of sp³-hybridized carbons (Fsp3) is 0.261. The highest BCUT2D eigenvalue weighted by Gasteiger charge is 2.26. The van der Waals surface area contributed by atoms with Crippen LogP contribution in [-0.2, 0) is 0 Å². The number of carbonyl (C=O) groups excluding carboxylic acids is 1. The first kappa shape index (κ1) is 21.0. The summed E-state index contributed by atoms with van der Waals surface area (Å²) < 4.78 is 10.6. The molecular weight excluding hydrogens is 388 g/mol. The Labute approximate surface area is 177 Å². The minimum atomic E-state index is 0. The van der Waals surface area contributed by atoms with Gasteiger partial charge in [0, 0.05) is 11.6 Å². The molecule has 0 spiro atoms. The number of carbonyl (C=O) groups is 1. The van der Waals surface area contributed by atoms with Crippen LogP contribution in [0.3, 0.4) is 0 Å². The SMILES string of the molecule is COc1cccc([NH+]2CCN(C(=O)c3ccc4cc(OC)ccc4c3)CC2)c1.[Cl-]. The Morgan fingerprint density at radius 3 is 2.24 bits per heavy atom. The maximum Gasteiger partial charge on any atom is 0.254 e. The van der Waals surface area contributed by atoms with Crippen LogP contribution >= 0.6 is 0 Å². The number of quaternary nitrogens is 1. The van der Waals surface area contributed by atoms with E-state index in [-0.39, 0.29) is 18.3 Å². The van der Waals surface area contributed by atoms with Gasteiger partial charge in [-0.2, -0.15) is 0 Å². The Bertz CT molecular complexity index is 1000. The van der Waals surface area contributed by atoms with Crippen molar-refractivity contribution in [1.29, 1.82) is 0 Å². The van der Waals surface area contributed by atoms with Gasteiger partial charge in [-0.1, -0.05) is 18.2 Å². The van der Waals surface area contributed by atoms with E-state index < -0.39 is 0 Å². The molecule has 1 saturated heterocycles. The lowest BCUT2D eigenvalue weighted by Crippen LogP contribution is -3.10. The highest BCUT2D eigenvalue weighted by atomic mass is 35.5. The Kier molecular flexibility index (Phi) is 6.62. The average molecular weight is 413 g/mol. The number of piperazine rings is 1. The smallest absolute Gasteiger partial charge is 0.254 e. The zero-order valence-electron chi connectivity index (χ0n) is 16.7. The summed E-state index contributed by atoms with van der Waals surface area (Å²) in [6, 6.07) is 19.9. The number of hydrogen-bond acceptors (Lipinski definition) is 3. The molecule has 0 aromatic heterocycles. The van der Waals surface area contributed by atoms with E-state index in [0.717, 1.165) is 54.0 Å². The Hall–Kier alpha value is -2.76. The van der Waals surface area contributed by atoms with Crippen LogP contribution < -0.4 is 26.8 Å². The molecule has 6 heteroatoms. The molecule has 0 radical (unpaired) electrons. The number of nitrogens with one attached hydrogen (secondary N) is 1. The number of methoxy groups -OCH3 is 2. The number of ether oxygens (including phenoxy) is 2. The lowest BCUT2D eigenvalue weighted by atomic mass is 10.1. The number of nitrogens with zero attached hydrogens (tertiary/aromatic N) is 1. The summed E-state index contributed by atoms with van der Waals surface area (Å²) in [7, 11) is 3.34. The lowest BCUT2D eigenvalue weighted by Gasteiger charge is -2.32. The van der Waals surface area contributed by atoms with Gasteiger partial charge in [-0.15, -0.1) is 0 Å². The van der Waals surface area contributed by atoms with Crippen LogP contribution in [0.5, 0.6) is 11.5 Å². The first-order valence-electron chi connectivity index (χ1n) is 9.54. The van der Waals surface area contributed by atoms with Crippen LogP contribution in [0.25, 0.3) is 10.8 Å². The largest absolute Gasteiger partial charge is 1.00 e. The van der Waals surface area contributed by atoms with E-state index >= 15 is 0 Å². The summed E-state index contributed by atoms with van der Waals surface area (Å²) >= 11 is 0. The highest BCUT2D eigenvalue weighted by molar-refractivity contribution is 5.98. The monoisotopic (exact) mass is 412 g/mol. The van der Waals surface area contributed by atoms with Gasteiger partial charge in [-0.05, 0) is 47.2 Å². The van der Waals surface area contributed by atoms with Crippen molar-refractivity contribution in [2.24, 2.45) is 0 Å². The third-order valence-electron chi connectivity index (χ3n) is 5.43. The van der Waals surface area contributed by atoms with Crippen LogP contribution in [0, 0.1) is 0 Å². The molecule has 152 valence electrons. The van der Waals surface area contributed by atoms with Crippen LogP contribution in [0.15, 0.2) is 60.7 Å². The van der Waals surface area contributed by atoms with Gasteiger partial charge in [-0.3, -0.25) is 9.69 Å². The molecule has 5 nitrogen and oxygen atoms in total. The third kappa shape index (κ3) is 4.47. The second-order valence-corrected chi connectivity index (χ2v) is 7.06. The van der Waals surface area contributed by atoms with E-state index in [4.69, 9.17) is 9.47 Å². The molecule has 4 rings (SSSR count). The summed E-state index contributed by atoms with van der Waals surface area (Å²) in [4.78, 5) is 16.3. The van der Waals surface area contributed by atoms with Crippen LogP contribution in [0.1, 0.15) is 10.4 Å². The van der Waals surface area contributed by atoms with Crippen LogP contribution in [0.4, 0.5) is 5.69 Å². The number of rotatable bonds is 4. The molecule has 0 bridgehead atoms. The fourth-order valence-electron chi connectivity index (χ4n) is 3.78. The minimum Gasteiger partial charge on any atom is -1.00 e. The van der Waals surface area contributed by atoms with E-state index in [1.54, 1.807) is 14.2 Å². The van der Waals surface area contributed by atoms with Crippen molar-refractivity contribution in [2.45, 2.75) is 0 Å². The zero-order chi connectivity index (χ0) is 19.5. The molecule has 3 aromatic rings. The zero-order valence-corrected chi connectivity index (χ0v) is 17.4. The molecule has 1 amide bonds. The Balaban J connectivity index is 0.00000240. The number of amides is 1. The summed E-state index contributed by atoms with van der Waals surface area (Å²) in [5, 5.41) is 2.12. The summed E-state index contributed by atoms with van der Waals surface area (Å²) in [5.41, 5.74) is 1.95. The van der Waals surface area contributed by atoms with Gasteiger partial charge in [0.05, 0.1) is 40.4 Å². The predicted molar refractivity (Wildman–Crippen MR) is 110 cm³/mol. The van der Waals surface area contributed by atoms with Gasteiger partial charge < -0.3 is 26.8 Å². The van der Waals surface area contributed by atoms with Crippen LogP contribution in [-0.4, -0.2) is 51.2 Å². The van der Waals surface area contributed by atoms with Crippen molar-refractivity contribution in [2.75, 3.05) is 40.4 Å². The maximum absolute atomic E-state index is 13.0. The van der Waals surface area contributed by atoms with Crippen molar-refractivity contribution < 1.29 is 31.6 Å². The maximum atomic E-state index is 13.0. The van der Waals surface area contributed by atoms with E-state index in [0.29, 0.717) is 0 Å². The van der Waals surface area contributed by atoms with Crippen molar-refractivity contribution in [3.05, 3.63) is 66.2 Å². The van der Waals surface area contributed by atoms with Gasteiger partial charge in [0.25, 0.3) is 5.91 Å². The predicted octanol–water partition coefficient (Wildman–Crippen LogP) is -0.467. The number of hydrogen-bond donors (Lipinski definition) is 1. The number of halogens is 1. The Morgan fingerprint density at radius 2 is 1.52 bits per heavy atom. The third-order valence-corrected chi connectivity index (χ3v) is 5.43. The molecule has 1 fully saturated rings. The van der Waals surface area contributed by atoms with Gasteiger partial charge >= 0.3 is 0 Å². The topological polar surface area (TPSA) is 43.2 Å². The molecule has 0 unspecified atom stereocenters. The van der Waals surface area contributed by atoms with Crippen molar-refractivity contribution in [1.82, 2.24) is 4.90 Å². The van der Waals surface area contributed by atoms with E-state index in [1.807, 2.05) is 53.4 Å². The van der Waals surface area contributed by atoms with Crippen molar-refractivity contribution in [3.63, 3.8) is 0 Å². The molecule has 1 aliphatic heterocycles. The molecule has 0 atom stereocenters. The number of fused-ring (bicyclic) bond motifs is 1. The van der Waals surface area contributed by atoms with Crippen LogP contribution in [0.2, 0.25) is 0 Å². The van der Waals surface area contributed by atoms with Crippen molar-refractivity contribution in [3.8, 4) is 11.5 Å². The standard InChI is InChI=1S/C23H24N2O3.ClH/c1-27-21-5-3-4-20(16-21)24-10-12-25(13-11-24)23(26)19-7-6-18-15-22(28-2)9-8-17(18)14-19;/h3-9,14-16H,10-13H2,1-2H3;1H. The molecule has 1 N–H and O–H groups in total. The molecule has 1 heterocycles. The number of benzene rings is 3. The van der Waals surface area contributed by atoms with Gasteiger partial charge in [0.1, 0.15) is 17.2 Å². The van der Waals surface area contributed by atoms with Crippen molar-refractivity contribution >= 4 is 22.4 Å². The normalized spacial score (nSPS) is 14.3. The first-order chi connectivity index (χ1) is 13.7. The second kappa shape index (κ2) is 9.16. The first-order valence-corrected chi connectivity index (χ1v) is 9.54. The van der Waals surface area contributed by atoms with Gasteiger partial charge in [0.15, 0.2) is 0 Å². The molecule has 0 aliphatic carbocycles. The highest BCUT2D eigenvalue weighted by Crippen LogP contribution is 2.22. The minimum absolute atomic E-state index is 0. The molecule has 1 aliphatic rings. The molecule has 3 aromatic carbocycles. The summed E-state index contributed by atoms with van der Waals surface area (Å²) in [6.07, 6.45) is 0. The van der Waals surface area contributed by atoms with Gasteiger partial charge in [-0.25, -0.2) is 0 Å². The van der Waals surface area contributed by atoms with E-state index in [2.05, 4.69) is 12.1 Å². The van der Waals surface area contributed by atoms with E-state index in [9.17, 15) is 4.79 Å². The lowest BCUT2D eigenvalue weighted by molar-refractivity contribution is -0.837. The van der Waals surface area contributed by atoms with Gasteiger partial charge in [0.2, 0.25) is 0 Å². The Morgan fingerprint density at radius 1 is 0.862 bits per heavy atom. The summed E-state index contributed by atoms with van der Waals surface area (Å²) in [5.74, 6) is 1.79. The molecule has 0 saturated carbocycles. The molecular formula is C23H25ClN2O3. The fourth-order valence-corrected chi connectivity index (χ4v) is 3.78. The summed E-state index contributed by atoms with van der Waals surface area (Å²) in [6.45, 7) is 3.27. The second-order valence-electron chi connectivity index (χ2n) is 7.06. The molecule has 29 heavy (non-hydrogen) atoms. The van der Waals surface area contributed by atoms with E-state index in [1.165, 1.54) is 10.6 Å². The average Bonchev–Trinajstić information content (AvgIpc) is 2.78.